The topological polar surface area (TPSA) is 72.9 Å². The molecule has 7 nitrogen and oxygen atoms in total. The summed E-state index contributed by atoms with van der Waals surface area (Å²) in [6.45, 7) is 2.25. The second-order valence-electron chi connectivity index (χ2n) is 11.1. The molecule has 1 heterocycles. The van der Waals surface area contributed by atoms with Gasteiger partial charge in [0.25, 0.3) is 5.91 Å². The Labute approximate surface area is 281 Å². The average Bonchev–Trinajstić information content (AvgIpc) is 3.58. The van der Waals surface area contributed by atoms with Crippen molar-refractivity contribution in [3.63, 3.8) is 0 Å². The van der Waals surface area contributed by atoms with Crippen LogP contribution in [0.4, 0.5) is 13.2 Å². The van der Waals surface area contributed by atoms with E-state index >= 15 is 0 Å². The van der Waals surface area contributed by atoms with E-state index in [2.05, 4.69) is 15.2 Å². The standard InChI is InChI=1S/C37H36F3N3O4S/c1-45-33-16-13-26(20-34(33)46-2)17-18-43(22-27-11-14-31(15-12-27)47-24-28-7-4-3-5-8-28)23-35-42-32(25-48-35)36(44)41-21-29-9-6-10-30(19-29)37(38,39)40/h3-16,19-20,25H,17-18,21-24H2,1-2H3,(H,41,44). The fourth-order valence-electron chi connectivity index (χ4n) is 5.04. The minimum atomic E-state index is -4.45. The number of carbonyl (C=O) groups excluding carboxylic acids is 1. The van der Waals surface area contributed by atoms with Crippen LogP contribution in [0.1, 0.15) is 43.3 Å². The summed E-state index contributed by atoms with van der Waals surface area (Å²) in [5, 5.41) is 5.10. The molecule has 4 aromatic carbocycles. The van der Waals surface area contributed by atoms with Crippen LogP contribution in [0.2, 0.25) is 0 Å². The summed E-state index contributed by atoms with van der Waals surface area (Å²) in [5.41, 5.74) is 3.08. The van der Waals surface area contributed by atoms with Gasteiger partial charge in [0.15, 0.2) is 11.5 Å². The van der Waals surface area contributed by atoms with Crippen LogP contribution in [-0.2, 0) is 38.8 Å². The maximum atomic E-state index is 13.1. The van der Waals surface area contributed by atoms with E-state index in [1.54, 1.807) is 25.7 Å². The van der Waals surface area contributed by atoms with Gasteiger partial charge in [-0.15, -0.1) is 11.3 Å². The number of carbonyl (C=O) groups is 1. The fraction of sp³-hybridized carbons (Fsp3) is 0.243. The Balaban J connectivity index is 1.24. The van der Waals surface area contributed by atoms with Gasteiger partial charge in [-0.2, -0.15) is 13.2 Å². The number of nitrogens with one attached hydrogen (secondary N) is 1. The Kier molecular flexibility index (Phi) is 11.7. The van der Waals surface area contributed by atoms with E-state index in [0.717, 1.165) is 46.0 Å². The fourth-order valence-corrected chi connectivity index (χ4v) is 5.85. The second-order valence-corrected chi connectivity index (χ2v) is 12.0. The summed E-state index contributed by atoms with van der Waals surface area (Å²) < 4.78 is 56.1. The minimum Gasteiger partial charge on any atom is -0.493 e. The maximum absolute atomic E-state index is 13.1. The molecule has 0 spiro atoms. The van der Waals surface area contributed by atoms with Gasteiger partial charge in [-0.3, -0.25) is 9.69 Å². The zero-order valence-corrected chi connectivity index (χ0v) is 27.4. The quantitative estimate of drug-likeness (QED) is 0.122. The van der Waals surface area contributed by atoms with Crippen molar-refractivity contribution in [3.05, 3.63) is 141 Å². The number of aromatic nitrogens is 1. The van der Waals surface area contributed by atoms with Crippen molar-refractivity contribution < 1.29 is 32.2 Å². The molecule has 5 rings (SSSR count). The first-order valence-electron chi connectivity index (χ1n) is 15.3. The van der Waals surface area contributed by atoms with Crippen LogP contribution in [0.25, 0.3) is 0 Å². The van der Waals surface area contributed by atoms with Crippen molar-refractivity contribution in [1.29, 1.82) is 0 Å². The van der Waals surface area contributed by atoms with Gasteiger partial charge in [-0.1, -0.05) is 60.7 Å². The third kappa shape index (κ3) is 9.82. The van der Waals surface area contributed by atoms with E-state index < -0.39 is 17.6 Å². The summed E-state index contributed by atoms with van der Waals surface area (Å²) in [4.78, 5) is 19.7. The Bertz CT molecular complexity index is 1780. The van der Waals surface area contributed by atoms with Crippen molar-refractivity contribution in [1.82, 2.24) is 15.2 Å². The molecule has 0 fully saturated rings. The summed E-state index contributed by atoms with van der Waals surface area (Å²) in [5.74, 6) is 1.65. The Morgan fingerprint density at radius 3 is 2.27 bits per heavy atom. The van der Waals surface area contributed by atoms with Crippen LogP contribution in [0, 0.1) is 0 Å². The SMILES string of the molecule is COc1ccc(CCN(Cc2ccc(OCc3ccccc3)cc2)Cc2nc(C(=O)NCc3cccc(C(F)(F)F)c3)cs2)cc1OC. The summed E-state index contributed by atoms with van der Waals surface area (Å²) in [7, 11) is 3.21. The van der Waals surface area contributed by atoms with E-state index in [4.69, 9.17) is 14.2 Å². The molecular weight excluding hydrogens is 639 g/mol. The normalized spacial score (nSPS) is 11.4. The number of halogens is 3. The molecule has 11 heteroatoms. The van der Waals surface area contributed by atoms with E-state index in [1.165, 1.54) is 17.4 Å². The first kappa shape index (κ1) is 34.5. The highest BCUT2D eigenvalue weighted by Gasteiger charge is 2.30. The number of rotatable bonds is 15. The van der Waals surface area contributed by atoms with Crippen molar-refractivity contribution in [2.45, 2.75) is 38.8 Å². The molecular formula is C37H36F3N3O4S. The molecule has 1 N–H and O–H groups in total. The lowest BCUT2D eigenvalue weighted by Crippen LogP contribution is -2.26. The smallest absolute Gasteiger partial charge is 0.416 e. The average molecular weight is 676 g/mol. The number of ether oxygens (including phenoxy) is 3. The summed E-state index contributed by atoms with van der Waals surface area (Å²) >= 11 is 1.36. The highest BCUT2D eigenvalue weighted by Crippen LogP contribution is 2.30. The van der Waals surface area contributed by atoms with Crippen LogP contribution in [0.5, 0.6) is 17.2 Å². The molecule has 0 atom stereocenters. The number of hydrogen-bond donors (Lipinski definition) is 1. The Morgan fingerprint density at radius 2 is 1.54 bits per heavy atom. The van der Waals surface area contributed by atoms with Gasteiger partial charge in [0.1, 0.15) is 23.1 Å². The molecule has 48 heavy (non-hydrogen) atoms. The van der Waals surface area contributed by atoms with Gasteiger partial charge in [0.2, 0.25) is 0 Å². The van der Waals surface area contributed by atoms with Crippen molar-refractivity contribution in [3.8, 4) is 17.2 Å². The van der Waals surface area contributed by atoms with Gasteiger partial charge in [0.05, 0.1) is 26.3 Å². The molecule has 0 bridgehead atoms. The van der Waals surface area contributed by atoms with E-state index in [9.17, 15) is 18.0 Å². The number of methoxy groups -OCH3 is 2. The highest BCUT2D eigenvalue weighted by atomic mass is 32.1. The van der Waals surface area contributed by atoms with Crippen molar-refractivity contribution in [2.24, 2.45) is 0 Å². The molecule has 0 aliphatic rings. The molecule has 1 aromatic heterocycles. The molecule has 5 aromatic rings. The van der Waals surface area contributed by atoms with Crippen LogP contribution in [0.15, 0.2) is 102 Å². The molecule has 1 amide bonds. The molecule has 250 valence electrons. The second kappa shape index (κ2) is 16.3. The number of benzene rings is 4. The summed E-state index contributed by atoms with van der Waals surface area (Å²) in [6.07, 6.45) is -3.72. The lowest BCUT2D eigenvalue weighted by Gasteiger charge is -2.22. The number of amides is 1. The predicted molar refractivity (Wildman–Crippen MR) is 179 cm³/mol. The number of hydrogen-bond acceptors (Lipinski definition) is 7. The lowest BCUT2D eigenvalue weighted by atomic mass is 10.1. The molecule has 0 radical (unpaired) electrons. The van der Waals surface area contributed by atoms with E-state index in [0.29, 0.717) is 43.3 Å². The van der Waals surface area contributed by atoms with Gasteiger partial charge >= 0.3 is 6.18 Å². The van der Waals surface area contributed by atoms with E-state index in [-0.39, 0.29) is 12.2 Å². The van der Waals surface area contributed by atoms with E-state index in [1.807, 2.05) is 72.8 Å². The summed E-state index contributed by atoms with van der Waals surface area (Å²) in [6, 6.07) is 28.7. The van der Waals surface area contributed by atoms with Crippen LogP contribution >= 0.6 is 11.3 Å². The van der Waals surface area contributed by atoms with Gasteiger partial charge in [0, 0.05) is 25.0 Å². The Hall–Kier alpha value is -4.87. The van der Waals surface area contributed by atoms with Crippen molar-refractivity contribution in [2.75, 3.05) is 20.8 Å². The Morgan fingerprint density at radius 1 is 0.812 bits per heavy atom. The van der Waals surface area contributed by atoms with Crippen molar-refractivity contribution >= 4 is 17.2 Å². The molecule has 0 saturated carbocycles. The highest BCUT2D eigenvalue weighted by molar-refractivity contribution is 7.09. The number of nitrogens with zero attached hydrogens (tertiary/aromatic N) is 2. The van der Waals surface area contributed by atoms with Crippen LogP contribution < -0.4 is 19.5 Å². The third-order valence-corrected chi connectivity index (χ3v) is 8.43. The first-order valence-corrected chi connectivity index (χ1v) is 16.2. The van der Waals surface area contributed by atoms with Gasteiger partial charge < -0.3 is 19.5 Å². The van der Waals surface area contributed by atoms with Gasteiger partial charge in [-0.25, -0.2) is 4.98 Å². The lowest BCUT2D eigenvalue weighted by molar-refractivity contribution is -0.137. The molecule has 0 saturated heterocycles. The monoisotopic (exact) mass is 675 g/mol. The molecule has 0 aliphatic heterocycles. The number of thiazole rings is 1. The van der Waals surface area contributed by atoms with Crippen LogP contribution in [0.3, 0.4) is 0 Å². The largest absolute Gasteiger partial charge is 0.493 e. The number of alkyl halides is 3. The minimum absolute atomic E-state index is 0.0435. The predicted octanol–water partition coefficient (Wildman–Crippen LogP) is 7.93. The zero-order chi connectivity index (χ0) is 33.9. The zero-order valence-electron chi connectivity index (χ0n) is 26.6. The molecule has 0 unspecified atom stereocenters. The third-order valence-electron chi connectivity index (χ3n) is 7.59. The maximum Gasteiger partial charge on any atom is 0.416 e. The van der Waals surface area contributed by atoms with Gasteiger partial charge in [-0.05, 0) is 65.1 Å². The molecule has 0 aliphatic carbocycles. The van der Waals surface area contributed by atoms with Crippen LogP contribution in [-0.4, -0.2) is 36.6 Å². The first-order chi connectivity index (χ1) is 23.2.